The fourth-order valence-corrected chi connectivity index (χ4v) is 1.63. The number of nitrogens with two attached hydrogens (primary N) is 1. The van der Waals surface area contributed by atoms with Gasteiger partial charge in [-0.05, 0) is 24.9 Å². The second kappa shape index (κ2) is 8.47. The third-order valence-corrected chi connectivity index (χ3v) is 2.70. The lowest BCUT2D eigenvalue weighted by Gasteiger charge is -2.05. The summed E-state index contributed by atoms with van der Waals surface area (Å²) in [6, 6.07) is 3.16. The predicted octanol–water partition coefficient (Wildman–Crippen LogP) is 0.900. The van der Waals surface area contributed by atoms with Crippen LogP contribution in [-0.4, -0.2) is 17.4 Å². The molecule has 0 saturated carbocycles. The summed E-state index contributed by atoms with van der Waals surface area (Å²) >= 11 is 0. The van der Waals surface area contributed by atoms with Crippen molar-refractivity contribution in [2.24, 2.45) is 5.73 Å². The van der Waals surface area contributed by atoms with Crippen LogP contribution < -0.4 is 16.6 Å². The molecule has 0 fully saturated rings. The Balaban J connectivity index is 2.13. The van der Waals surface area contributed by atoms with Crippen LogP contribution in [0.3, 0.4) is 0 Å². The van der Waals surface area contributed by atoms with Crippen LogP contribution >= 0.6 is 0 Å². The van der Waals surface area contributed by atoms with E-state index >= 15 is 0 Å². The largest absolute Gasteiger partial charge is 0.352 e. The fraction of sp³-hybridized carbons (Fsp3) is 0.538. The number of hydrogen-bond donors (Lipinski definition) is 3. The Morgan fingerprint density at radius 2 is 2.00 bits per heavy atom. The van der Waals surface area contributed by atoms with Gasteiger partial charge < -0.3 is 16.0 Å². The van der Waals surface area contributed by atoms with Crippen molar-refractivity contribution in [1.82, 2.24) is 10.3 Å². The van der Waals surface area contributed by atoms with Crippen molar-refractivity contribution in [2.75, 3.05) is 6.54 Å². The van der Waals surface area contributed by atoms with Gasteiger partial charge in [-0.15, -0.1) is 0 Å². The molecule has 1 aromatic rings. The molecule has 4 N–H and O–H groups in total. The number of aromatic amines is 1. The van der Waals surface area contributed by atoms with Gasteiger partial charge >= 0.3 is 0 Å². The molecule has 1 rings (SSSR count). The first-order valence-electron chi connectivity index (χ1n) is 6.37. The summed E-state index contributed by atoms with van der Waals surface area (Å²) in [5.74, 6) is 0.0500. The second-order valence-electron chi connectivity index (χ2n) is 4.29. The molecule has 0 bridgehead atoms. The molecule has 1 amide bonds. The van der Waals surface area contributed by atoms with Crippen LogP contribution in [0.1, 0.15) is 37.7 Å². The van der Waals surface area contributed by atoms with Gasteiger partial charge in [-0.1, -0.05) is 18.9 Å². The molecule has 1 heterocycles. The molecule has 0 saturated heterocycles. The molecule has 0 unspecified atom stereocenters. The first-order chi connectivity index (χ1) is 8.72. The summed E-state index contributed by atoms with van der Waals surface area (Å²) in [5.41, 5.74) is 6.15. The Morgan fingerprint density at radius 3 is 2.67 bits per heavy atom. The maximum atomic E-state index is 11.5. The maximum absolute atomic E-state index is 11.5. The van der Waals surface area contributed by atoms with Crippen molar-refractivity contribution >= 4 is 5.91 Å². The highest BCUT2D eigenvalue weighted by Gasteiger charge is 2.01. The van der Waals surface area contributed by atoms with E-state index in [1.807, 2.05) is 0 Å². The SMILES string of the molecule is NCCCCCCC(=O)NCc1ccc(=O)[nH]c1. The fourth-order valence-electron chi connectivity index (χ4n) is 1.63. The normalized spacial score (nSPS) is 10.3. The van der Waals surface area contributed by atoms with Gasteiger partial charge in [0, 0.05) is 25.2 Å². The summed E-state index contributed by atoms with van der Waals surface area (Å²) in [6.07, 6.45) is 6.22. The van der Waals surface area contributed by atoms with E-state index in [1.165, 1.54) is 6.07 Å². The molecule has 5 nitrogen and oxygen atoms in total. The van der Waals surface area contributed by atoms with Crippen LogP contribution in [0.15, 0.2) is 23.1 Å². The number of nitrogens with one attached hydrogen (secondary N) is 2. The Hall–Kier alpha value is -1.62. The van der Waals surface area contributed by atoms with E-state index in [0.29, 0.717) is 13.0 Å². The van der Waals surface area contributed by atoms with Crippen LogP contribution in [0.2, 0.25) is 0 Å². The monoisotopic (exact) mass is 251 g/mol. The van der Waals surface area contributed by atoms with Gasteiger partial charge in [-0.2, -0.15) is 0 Å². The molecular weight excluding hydrogens is 230 g/mol. The number of hydrogen-bond acceptors (Lipinski definition) is 3. The Kier molecular flexibility index (Phi) is 6.79. The molecule has 0 aliphatic rings. The zero-order chi connectivity index (χ0) is 13.2. The van der Waals surface area contributed by atoms with Gasteiger partial charge in [-0.3, -0.25) is 9.59 Å². The third kappa shape index (κ3) is 6.20. The number of rotatable bonds is 8. The van der Waals surface area contributed by atoms with E-state index in [0.717, 1.165) is 37.8 Å². The molecule has 100 valence electrons. The lowest BCUT2D eigenvalue weighted by Crippen LogP contribution is -2.22. The van der Waals surface area contributed by atoms with Crippen LogP contribution in [0.25, 0.3) is 0 Å². The van der Waals surface area contributed by atoms with Crippen LogP contribution in [0.5, 0.6) is 0 Å². The summed E-state index contributed by atoms with van der Waals surface area (Å²) in [6.45, 7) is 1.18. The van der Waals surface area contributed by atoms with Crippen LogP contribution in [0, 0.1) is 0 Å². The van der Waals surface area contributed by atoms with Crippen molar-refractivity contribution < 1.29 is 4.79 Å². The highest BCUT2D eigenvalue weighted by Crippen LogP contribution is 2.02. The van der Waals surface area contributed by atoms with Gasteiger partial charge in [0.1, 0.15) is 0 Å². The van der Waals surface area contributed by atoms with E-state index in [1.54, 1.807) is 12.3 Å². The number of unbranched alkanes of at least 4 members (excludes halogenated alkanes) is 3. The minimum absolute atomic E-state index is 0.0500. The van der Waals surface area contributed by atoms with Crippen molar-refractivity contribution in [2.45, 2.75) is 38.6 Å². The summed E-state index contributed by atoms with van der Waals surface area (Å²) < 4.78 is 0. The van der Waals surface area contributed by atoms with E-state index in [-0.39, 0.29) is 11.5 Å². The minimum Gasteiger partial charge on any atom is -0.352 e. The van der Waals surface area contributed by atoms with Crippen molar-refractivity contribution in [3.63, 3.8) is 0 Å². The number of aromatic nitrogens is 1. The number of H-pyrrole nitrogens is 1. The molecule has 5 heteroatoms. The molecule has 0 aromatic carbocycles. The highest BCUT2D eigenvalue weighted by molar-refractivity contribution is 5.75. The van der Waals surface area contributed by atoms with Gasteiger partial charge in [0.05, 0.1) is 0 Å². The lowest BCUT2D eigenvalue weighted by atomic mass is 10.1. The topological polar surface area (TPSA) is 88.0 Å². The first-order valence-corrected chi connectivity index (χ1v) is 6.37. The summed E-state index contributed by atoms with van der Waals surface area (Å²) in [7, 11) is 0. The van der Waals surface area contributed by atoms with E-state index in [4.69, 9.17) is 5.73 Å². The molecular formula is C13H21N3O2. The Labute approximate surface area is 107 Å². The number of carbonyl (C=O) groups excluding carboxylic acids is 1. The number of pyridine rings is 1. The average molecular weight is 251 g/mol. The average Bonchev–Trinajstić information content (AvgIpc) is 2.38. The Bertz CT molecular complexity index is 394. The summed E-state index contributed by atoms with van der Waals surface area (Å²) in [5, 5.41) is 2.82. The molecule has 1 aromatic heterocycles. The van der Waals surface area contributed by atoms with Crippen molar-refractivity contribution in [3.05, 3.63) is 34.2 Å². The smallest absolute Gasteiger partial charge is 0.247 e. The van der Waals surface area contributed by atoms with Crippen molar-refractivity contribution in [3.8, 4) is 0 Å². The lowest BCUT2D eigenvalue weighted by molar-refractivity contribution is -0.121. The number of carbonyl (C=O) groups is 1. The molecule has 18 heavy (non-hydrogen) atoms. The van der Waals surface area contributed by atoms with Gasteiger partial charge in [0.2, 0.25) is 11.5 Å². The van der Waals surface area contributed by atoms with E-state index in [2.05, 4.69) is 10.3 Å². The Morgan fingerprint density at radius 1 is 1.22 bits per heavy atom. The van der Waals surface area contributed by atoms with Crippen LogP contribution in [0.4, 0.5) is 0 Å². The maximum Gasteiger partial charge on any atom is 0.247 e. The van der Waals surface area contributed by atoms with Gasteiger partial charge in [0.25, 0.3) is 0 Å². The zero-order valence-electron chi connectivity index (χ0n) is 10.6. The molecule has 0 atom stereocenters. The molecule has 0 aliphatic heterocycles. The van der Waals surface area contributed by atoms with E-state index < -0.39 is 0 Å². The van der Waals surface area contributed by atoms with Crippen LogP contribution in [-0.2, 0) is 11.3 Å². The molecule has 0 aliphatic carbocycles. The number of amides is 1. The first kappa shape index (κ1) is 14.4. The molecule has 0 spiro atoms. The standard InChI is InChI=1S/C13H21N3O2/c14-8-4-2-1-3-5-12(17)15-9-11-6-7-13(18)16-10-11/h6-7,10H,1-5,8-9,14H2,(H,15,17)(H,16,18). The van der Waals surface area contributed by atoms with Crippen molar-refractivity contribution in [1.29, 1.82) is 0 Å². The second-order valence-corrected chi connectivity index (χ2v) is 4.29. The highest BCUT2D eigenvalue weighted by atomic mass is 16.1. The quantitative estimate of drug-likeness (QED) is 0.600. The van der Waals surface area contributed by atoms with E-state index in [9.17, 15) is 9.59 Å². The zero-order valence-corrected chi connectivity index (χ0v) is 10.6. The minimum atomic E-state index is -0.134. The summed E-state index contributed by atoms with van der Waals surface area (Å²) in [4.78, 5) is 24.9. The van der Waals surface area contributed by atoms with Gasteiger partial charge in [0.15, 0.2) is 0 Å². The third-order valence-electron chi connectivity index (χ3n) is 2.70. The predicted molar refractivity (Wildman–Crippen MR) is 71.0 cm³/mol. The molecule has 0 radical (unpaired) electrons. The van der Waals surface area contributed by atoms with Gasteiger partial charge in [-0.25, -0.2) is 0 Å².